The van der Waals surface area contributed by atoms with Crippen molar-refractivity contribution in [1.29, 1.82) is 5.26 Å². The molecule has 4 aromatic rings. The highest BCUT2D eigenvalue weighted by molar-refractivity contribution is 7.96. The van der Waals surface area contributed by atoms with E-state index in [-0.39, 0.29) is 16.9 Å². The number of hydrogen-bond acceptors (Lipinski definition) is 10. The van der Waals surface area contributed by atoms with Crippen LogP contribution in [-0.4, -0.2) is 92.4 Å². The number of thiophene rings is 1. The van der Waals surface area contributed by atoms with Crippen LogP contribution >= 0.6 is 23.3 Å². The molecule has 0 radical (unpaired) electrons. The molecule has 1 aromatic carbocycles. The average molecular weight is 658 g/mol. The number of piperazine rings is 1. The lowest BCUT2D eigenvalue weighted by Crippen LogP contribution is -2.48. The van der Waals surface area contributed by atoms with Crippen molar-refractivity contribution in [3.05, 3.63) is 46.5 Å². The number of halogens is 3. The molecule has 0 unspecified atom stereocenters. The van der Waals surface area contributed by atoms with Gasteiger partial charge in [-0.3, -0.25) is 9.80 Å². The fourth-order valence-electron chi connectivity index (χ4n) is 6.48. The molecule has 0 amide bonds. The minimum atomic E-state index is -4.28. The fraction of sp³-hybridized carbons (Fsp3) is 0.516. The maximum atomic E-state index is 13.0. The first kappa shape index (κ1) is 31.9. The van der Waals surface area contributed by atoms with Crippen molar-refractivity contribution in [1.82, 2.24) is 28.6 Å². The first-order chi connectivity index (χ1) is 21.6. The molecule has 45 heavy (non-hydrogen) atoms. The Morgan fingerprint density at radius 1 is 1.11 bits per heavy atom. The van der Waals surface area contributed by atoms with Gasteiger partial charge in [0.25, 0.3) is 0 Å². The van der Waals surface area contributed by atoms with E-state index in [4.69, 9.17) is 5.73 Å². The Bertz CT molecular complexity index is 1680. The van der Waals surface area contributed by atoms with Gasteiger partial charge in [0.1, 0.15) is 22.4 Å². The Kier molecular flexibility index (Phi) is 9.44. The summed E-state index contributed by atoms with van der Waals surface area (Å²) >= 11 is 2.81. The summed E-state index contributed by atoms with van der Waals surface area (Å²) in [5, 5.41) is 15.0. The maximum Gasteiger partial charge on any atom is 0.393 e. The van der Waals surface area contributed by atoms with Gasteiger partial charge in [-0.05, 0) is 55.9 Å². The van der Waals surface area contributed by atoms with Crippen molar-refractivity contribution in [2.75, 3.05) is 56.6 Å². The van der Waals surface area contributed by atoms with Gasteiger partial charge >= 0.3 is 6.18 Å². The monoisotopic (exact) mass is 657 g/mol. The van der Waals surface area contributed by atoms with E-state index in [1.165, 1.54) is 11.6 Å². The van der Waals surface area contributed by atoms with Crippen LogP contribution in [0.3, 0.4) is 0 Å². The van der Waals surface area contributed by atoms with Gasteiger partial charge in [-0.15, -0.1) is 11.3 Å². The number of nitrogen functional groups attached to an aromatic ring is 1. The number of nitrogens with two attached hydrogens (primary N) is 1. The molecule has 0 aliphatic carbocycles. The Morgan fingerprint density at radius 2 is 1.87 bits per heavy atom. The summed E-state index contributed by atoms with van der Waals surface area (Å²) in [7, 11) is 0. The van der Waals surface area contributed by atoms with E-state index in [0.29, 0.717) is 27.8 Å². The number of fused-ring (bicyclic) bond motifs is 2. The van der Waals surface area contributed by atoms with E-state index in [2.05, 4.69) is 71.4 Å². The highest BCUT2D eigenvalue weighted by atomic mass is 32.2. The molecular formula is C31H38F3N9S2. The minimum absolute atomic E-state index is 0.0510. The number of alkyl halides is 3. The van der Waals surface area contributed by atoms with Crippen LogP contribution in [0, 0.1) is 11.3 Å². The Hall–Kier alpha value is -3.09. The zero-order chi connectivity index (χ0) is 31.7. The molecule has 240 valence electrons. The van der Waals surface area contributed by atoms with Gasteiger partial charge < -0.3 is 15.6 Å². The normalized spacial score (nSPS) is 18.5. The van der Waals surface area contributed by atoms with Crippen molar-refractivity contribution in [3.63, 3.8) is 0 Å². The van der Waals surface area contributed by atoms with Crippen molar-refractivity contribution in [2.24, 2.45) is 0 Å². The average Bonchev–Trinajstić information content (AvgIpc) is 3.57. The van der Waals surface area contributed by atoms with Crippen molar-refractivity contribution in [2.45, 2.75) is 57.5 Å². The third kappa shape index (κ3) is 7.49. The fourth-order valence-corrected chi connectivity index (χ4v) is 8.08. The van der Waals surface area contributed by atoms with E-state index in [1.807, 2.05) is 6.07 Å². The van der Waals surface area contributed by atoms with Gasteiger partial charge in [0, 0.05) is 80.2 Å². The third-order valence-corrected chi connectivity index (χ3v) is 10.8. The molecule has 9 nitrogen and oxygen atoms in total. The second-order valence-electron chi connectivity index (χ2n) is 12.0. The first-order valence-electron chi connectivity index (χ1n) is 15.3. The van der Waals surface area contributed by atoms with Gasteiger partial charge in [-0.2, -0.15) is 23.4 Å². The van der Waals surface area contributed by atoms with Crippen molar-refractivity contribution in [3.8, 4) is 6.07 Å². The number of benzene rings is 1. The second kappa shape index (κ2) is 13.3. The molecule has 0 bridgehead atoms. The minimum Gasteiger partial charge on any atom is -0.368 e. The van der Waals surface area contributed by atoms with Gasteiger partial charge in [0.15, 0.2) is 0 Å². The summed E-state index contributed by atoms with van der Waals surface area (Å²) in [4.78, 5) is 14.1. The number of anilines is 2. The molecule has 0 spiro atoms. The summed E-state index contributed by atoms with van der Waals surface area (Å²) in [6, 6.07) is 12.9. The SMILES string of the molecule is CSN1CCN([C@@H](C)Cn2c(C#N)cc3cc(CN4CCC(Nc5nc(N)nc6sc(CC(F)(F)F)cc56)CC4)ccc32)CC1. The lowest BCUT2D eigenvalue weighted by molar-refractivity contribution is -0.126. The molecule has 5 heterocycles. The molecule has 2 aliphatic rings. The maximum absolute atomic E-state index is 13.0. The van der Waals surface area contributed by atoms with E-state index < -0.39 is 12.6 Å². The number of rotatable bonds is 9. The van der Waals surface area contributed by atoms with Crippen LogP contribution in [0.1, 0.15) is 35.9 Å². The number of nitrogens with one attached hydrogen (secondary N) is 1. The lowest BCUT2D eigenvalue weighted by atomic mass is 10.0. The van der Waals surface area contributed by atoms with Crippen molar-refractivity contribution >= 4 is 56.2 Å². The molecule has 14 heteroatoms. The van der Waals surface area contributed by atoms with Gasteiger partial charge in [0.05, 0.1) is 11.8 Å². The van der Waals surface area contributed by atoms with E-state index >= 15 is 0 Å². The van der Waals surface area contributed by atoms with Crippen LogP contribution in [-0.2, 0) is 19.5 Å². The smallest absolute Gasteiger partial charge is 0.368 e. The molecule has 6 rings (SSSR count). The second-order valence-corrected chi connectivity index (χ2v) is 14.0. The summed E-state index contributed by atoms with van der Waals surface area (Å²) in [6.45, 7) is 9.76. The number of nitriles is 1. The van der Waals surface area contributed by atoms with Crippen LogP contribution < -0.4 is 11.1 Å². The van der Waals surface area contributed by atoms with E-state index in [0.717, 1.165) is 87.4 Å². The zero-order valence-electron chi connectivity index (χ0n) is 25.5. The molecular weight excluding hydrogens is 620 g/mol. The van der Waals surface area contributed by atoms with Crippen molar-refractivity contribution < 1.29 is 13.2 Å². The number of aromatic nitrogens is 3. The van der Waals surface area contributed by atoms with Gasteiger partial charge in [-0.1, -0.05) is 18.0 Å². The Morgan fingerprint density at radius 3 is 2.56 bits per heavy atom. The third-order valence-electron chi connectivity index (χ3n) is 8.85. The number of hydrogen-bond donors (Lipinski definition) is 2. The predicted octanol–water partition coefficient (Wildman–Crippen LogP) is 5.57. The summed E-state index contributed by atoms with van der Waals surface area (Å²) in [5.74, 6) is 0.551. The number of piperidine rings is 1. The summed E-state index contributed by atoms with van der Waals surface area (Å²) in [6.07, 6.45) is -1.41. The number of nitrogens with zero attached hydrogens (tertiary/aromatic N) is 7. The zero-order valence-corrected chi connectivity index (χ0v) is 27.1. The molecule has 2 fully saturated rings. The van der Waals surface area contributed by atoms with Crippen LogP contribution in [0.2, 0.25) is 0 Å². The quantitative estimate of drug-likeness (QED) is 0.224. The van der Waals surface area contributed by atoms with E-state index in [9.17, 15) is 18.4 Å². The molecule has 0 saturated carbocycles. The molecule has 2 saturated heterocycles. The molecule has 1 atom stereocenters. The highest BCUT2D eigenvalue weighted by Crippen LogP contribution is 2.34. The highest BCUT2D eigenvalue weighted by Gasteiger charge is 2.30. The van der Waals surface area contributed by atoms with E-state index in [1.54, 1.807) is 11.9 Å². The topological polar surface area (TPSA) is 102 Å². The molecule has 3 aromatic heterocycles. The Balaban J connectivity index is 1.07. The lowest BCUT2D eigenvalue weighted by Gasteiger charge is -2.37. The standard InChI is InChI=1S/C31H38F3N9S2/c1-20(41-9-11-42(44-2)12-10-41)18-43-24(17-35)14-22-13-21(3-4-27(22)43)19-40-7-5-23(6-8-40)37-28-26-15-25(16-31(32,33)34)45-29(26)39-30(36)38-28/h3-4,13-15,20,23H,5-12,16,18-19H2,1-2H3,(H3,36,37,38,39)/t20-/m0/s1. The van der Waals surface area contributed by atoms with Crippen LogP contribution in [0.4, 0.5) is 24.9 Å². The van der Waals surface area contributed by atoms with Crippen LogP contribution in [0.15, 0.2) is 30.3 Å². The van der Waals surface area contributed by atoms with Gasteiger partial charge in [-0.25, -0.2) is 9.29 Å². The number of likely N-dealkylation sites (tertiary alicyclic amines) is 1. The predicted molar refractivity (Wildman–Crippen MR) is 176 cm³/mol. The molecule has 3 N–H and O–H groups in total. The molecule has 2 aliphatic heterocycles. The van der Waals surface area contributed by atoms with Crippen LogP contribution in [0.5, 0.6) is 0 Å². The van der Waals surface area contributed by atoms with Gasteiger partial charge in [0.2, 0.25) is 5.95 Å². The van der Waals surface area contributed by atoms with Crippen LogP contribution in [0.25, 0.3) is 21.1 Å². The summed E-state index contributed by atoms with van der Waals surface area (Å²) < 4.78 is 43.5. The first-order valence-corrected chi connectivity index (χ1v) is 17.3. The summed E-state index contributed by atoms with van der Waals surface area (Å²) in [5.41, 5.74) is 8.88. The Labute approximate surface area is 269 Å². The largest absolute Gasteiger partial charge is 0.393 e.